The van der Waals surface area contributed by atoms with Gasteiger partial charge in [-0.1, -0.05) is 62.3 Å². The van der Waals surface area contributed by atoms with Crippen LogP contribution in [0.4, 0.5) is 0 Å². The van der Waals surface area contributed by atoms with Crippen molar-refractivity contribution < 1.29 is 52.8 Å². The van der Waals surface area contributed by atoms with E-state index < -0.39 is 57.2 Å². The van der Waals surface area contributed by atoms with Crippen molar-refractivity contribution in [2.45, 2.75) is 62.3 Å². The van der Waals surface area contributed by atoms with E-state index in [4.69, 9.17) is 0 Å². The van der Waals surface area contributed by atoms with Crippen LogP contribution in [0.2, 0.25) is 0 Å². The Hall–Kier alpha value is -1.64. The number of sulfone groups is 1. The van der Waals surface area contributed by atoms with Crippen molar-refractivity contribution in [3.8, 4) is 0 Å². The van der Waals surface area contributed by atoms with E-state index in [2.05, 4.69) is 9.44 Å². The summed E-state index contributed by atoms with van der Waals surface area (Å²) in [5.41, 5.74) is 0. The second-order valence-corrected chi connectivity index (χ2v) is 19.4. The first-order valence-electron chi connectivity index (χ1n) is 13.9. The number of nitrogens with one attached hydrogen (secondary N) is 2. The zero-order valence-electron chi connectivity index (χ0n) is 28.8. The van der Waals surface area contributed by atoms with Crippen molar-refractivity contribution in [2.75, 3.05) is 57.0 Å². The molecule has 0 aromatic carbocycles. The van der Waals surface area contributed by atoms with Crippen LogP contribution in [-0.4, -0.2) is 118 Å². The molecule has 2 N–H and O–H groups in total. The van der Waals surface area contributed by atoms with Crippen molar-refractivity contribution >= 4 is 63.0 Å². The smallest absolute Gasteiger partial charge is 0.220 e. The number of nitrogens with zero attached hydrogens (tertiary/aromatic N) is 1. The van der Waals surface area contributed by atoms with Crippen molar-refractivity contribution in [2.24, 2.45) is 23.7 Å². The molecule has 19 heteroatoms. The number of carbonyl (C=O) groups is 4. The lowest BCUT2D eigenvalue weighted by Crippen LogP contribution is -2.31. The molecule has 0 saturated heterocycles. The molecular weight excluding hydrogens is 675 g/mol. The summed E-state index contributed by atoms with van der Waals surface area (Å²) in [5.74, 6) is -3.38. The van der Waals surface area contributed by atoms with Gasteiger partial charge in [0.25, 0.3) is 0 Å². The second kappa shape index (κ2) is 22.8. The quantitative estimate of drug-likeness (QED) is 0.218. The minimum Gasteiger partial charge on any atom is -0.298 e. The van der Waals surface area contributed by atoms with Crippen LogP contribution >= 0.6 is 0 Å². The average Bonchev–Trinajstić information content (AvgIpc) is 2.83. The van der Waals surface area contributed by atoms with E-state index in [1.165, 1.54) is 21.1 Å². The van der Waals surface area contributed by atoms with Gasteiger partial charge in [-0.05, 0) is 7.05 Å². The molecule has 15 nitrogen and oxygen atoms in total. The Kier molecular flexibility index (Phi) is 25.5. The van der Waals surface area contributed by atoms with Crippen molar-refractivity contribution in [1.29, 1.82) is 0 Å². The molecule has 0 saturated carbocycles. The highest BCUT2D eigenvalue weighted by Crippen LogP contribution is 2.01. The van der Waals surface area contributed by atoms with Crippen LogP contribution < -0.4 is 9.44 Å². The molecule has 0 heterocycles. The normalized spacial score (nSPS) is 12.1. The molecule has 0 spiro atoms. The lowest BCUT2D eigenvalue weighted by Gasteiger charge is -2.11. The molecule has 0 bridgehead atoms. The fourth-order valence-electron chi connectivity index (χ4n) is 1.95. The second-order valence-electron chi connectivity index (χ2n) is 11.3. The van der Waals surface area contributed by atoms with Crippen molar-refractivity contribution in [1.82, 2.24) is 13.7 Å². The van der Waals surface area contributed by atoms with E-state index in [9.17, 15) is 52.8 Å². The zero-order valence-corrected chi connectivity index (χ0v) is 32.1. The van der Waals surface area contributed by atoms with Gasteiger partial charge < -0.3 is 0 Å². The molecule has 0 rings (SSSR count). The Morgan fingerprint density at radius 2 is 0.844 bits per heavy atom. The molecule has 0 aliphatic heterocycles. The standard InChI is InChI=1S/2C7H15NO3S.C6H13NO3S.C6H12O3S/c1-6(2)7(9)5-12(10,11)8(3)4;1-4-8-12(10,11)5-7(9)6(2)3;1-5(2)6(8)4-11(9,10)7-3;1-5(2)6(7)4-10(3,8)9/h6H,5H2,1-4H3;6,8H,4-5H2,1-3H3;5,7H,4H2,1-3H3;5H,4H2,1-3H3. The molecule has 270 valence electrons. The summed E-state index contributed by atoms with van der Waals surface area (Å²) in [7, 11) is -9.08. The third-order valence-electron chi connectivity index (χ3n) is 5.20. The van der Waals surface area contributed by atoms with Gasteiger partial charge in [0.05, 0.1) is 0 Å². The largest absolute Gasteiger partial charge is 0.298 e. The monoisotopic (exact) mass is 729 g/mol. The fraction of sp³-hybridized carbons (Fsp3) is 0.846. The lowest BCUT2D eigenvalue weighted by molar-refractivity contribution is -0.120. The number of rotatable bonds is 16. The highest BCUT2D eigenvalue weighted by Gasteiger charge is 2.21. The van der Waals surface area contributed by atoms with E-state index in [-0.39, 0.29) is 52.6 Å². The topological polar surface area (TPSA) is 232 Å². The summed E-state index contributed by atoms with van der Waals surface area (Å²) in [4.78, 5) is 43.7. The number of Topliss-reactive ketones (excluding diaryl/α,β-unsaturated/α-hetero) is 4. The van der Waals surface area contributed by atoms with Crippen LogP contribution in [0.25, 0.3) is 0 Å². The number of sulfonamides is 3. The molecule has 0 unspecified atom stereocenters. The first-order chi connectivity index (χ1) is 19.9. The average molecular weight is 730 g/mol. The summed E-state index contributed by atoms with van der Waals surface area (Å²) in [6, 6.07) is 0. The summed E-state index contributed by atoms with van der Waals surface area (Å²) in [5, 5.41) is 0. The highest BCUT2D eigenvalue weighted by atomic mass is 32.2. The SMILES string of the molecule is CC(C)C(=O)CS(=O)(=O)N(C)C.CC(C)C(=O)CS(C)(=O)=O.CCNS(=O)(=O)CC(=O)C(C)C.CNS(=O)(=O)CC(=O)C(C)C. The van der Waals surface area contributed by atoms with Crippen LogP contribution in [0, 0.1) is 23.7 Å². The molecular formula is C26H55N3O12S4. The molecule has 0 radical (unpaired) electrons. The highest BCUT2D eigenvalue weighted by molar-refractivity contribution is 7.91. The van der Waals surface area contributed by atoms with E-state index in [1.54, 1.807) is 62.3 Å². The van der Waals surface area contributed by atoms with Gasteiger partial charge in [0.1, 0.15) is 28.8 Å². The van der Waals surface area contributed by atoms with Crippen LogP contribution in [-0.2, 0) is 59.1 Å². The number of hydrogen-bond donors (Lipinski definition) is 2. The van der Waals surface area contributed by atoms with Crippen LogP contribution in [0.5, 0.6) is 0 Å². The molecule has 0 aromatic rings. The predicted molar refractivity (Wildman–Crippen MR) is 177 cm³/mol. The van der Waals surface area contributed by atoms with Gasteiger partial charge in [-0.3, -0.25) is 19.2 Å². The summed E-state index contributed by atoms with van der Waals surface area (Å²) < 4.78 is 92.3. The maximum Gasteiger partial charge on any atom is 0.220 e. The maximum absolute atomic E-state index is 11.2. The maximum atomic E-state index is 11.2. The minimum atomic E-state index is -3.38. The molecule has 0 aliphatic carbocycles. The van der Waals surface area contributed by atoms with Crippen LogP contribution in [0.3, 0.4) is 0 Å². The molecule has 0 aliphatic rings. The summed E-state index contributed by atoms with van der Waals surface area (Å²) in [6.07, 6.45) is 1.06. The van der Waals surface area contributed by atoms with Gasteiger partial charge in [-0.15, -0.1) is 0 Å². The lowest BCUT2D eigenvalue weighted by atomic mass is 10.1. The Morgan fingerprint density at radius 1 is 0.556 bits per heavy atom. The van der Waals surface area contributed by atoms with E-state index in [0.717, 1.165) is 10.6 Å². The number of hydrogen-bond acceptors (Lipinski definition) is 12. The van der Waals surface area contributed by atoms with Crippen LogP contribution in [0.15, 0.2) is 0 Å². The number of carbonyl (C=O) groups excluding carboxylic acids is 4. The Balaban J connectivity index is -0.000000250. The van der Waals surface area contributed by atoms with Gasteiger partial charge in [0, 0.05) is 50.6 Å². The van der Waals surface area contributed by atoms with Gasteiger partial charge in [0.15, 0.2) is 27.2 Å². The van der Waals surface area contributed by atoms with Crippen LogP contribution in [0.1, 0.15) is 62.3 Å². The molecule has 0 amide bonds. The molecule has 45 heavy (non-hydrogen) atoms. The number of ketones is 4. The van der Waals surface area contributed by atoms with E-state index >= 15 is 0 Å². The minimum absolute atomic E-state index is 0.185. The Bertz CT molecular complexity index is 1370. The first-order valence-corrected chi connectivity index (χ1v) is 20.9. The Labute approximate surface area is 271 Å². The summed E-state index contributed by atoms with van der Waals surface area (Å²) in [6.45, 7) is 15.5. The van der Waals surface area contributed by atoms with E-state index in [1.807, 2.05) is 0 Å². The molecule has 0 fully saturated rings. The Morgan fingerprint density at radius 3 is 1.07 bits per heavy atom. The third-order valence-corrected chi connectivity index (χ3v) is 10.5. The van der Waals surface area contributed by atoms with Gasteiger partial charge in [-0.25, -0.2) is 47.4 Å². The zero-order chi connectivity index (χ0) is 37.1. The molecule has 0 aromatic heterocycles. The van der Waals surface area contributed by atoms with Gasteiger partial charge in [0.2, 0.25) is 30.1 Å². The van der Waals surface area contributed by atoms with Gasteiger partial charge >= 0.3 is 0 Å². The van der Waals surface area contributed by atoms with E-state index in [0.29, 0.717) is 6.54 Å². The van der Waals surface area contributed by atoms with Gasteiger partial charge in [-0.2, -0.15) is 0 Å². The summed E-state index contributed by atoms with van der Waals surface area (Å²) >= 11 is 0. The fourth-order valence-corrected chi connectivity index (χ4v) is 5.85. The third kappa shape index (κ3) is 30.8. The van der Waals surface area contributed by atoms with Crippen molar-refractivity contribution in [3.05, 3.63) is 0 Å². The molecule has 0 atom stereocenters. The van der Waals surface area contributed by atoms with Crippen molar-refractivity contribution in [3.63, 3.8) is 0 Å². The predicted octanol–water partition coefficient (Wildman–Crippen LogP) is 0.271. The first kappa shape index (κ1) is 50.2.